The lowest BCUT2D eigenvalue weighted by Crippen LogP contribution is -2.16. The van der Waals surface area contributed by atoms with Crippen LogP contribution >= 0.6 is 0 Å². The number of aromatic nitrogens is 2. The monoisotopic (exact) mass is 374 g/mol. The minimum Gasteiger partial charge on any atom is -0.451 e. The Hall–Kier alpha value is -2.88. The molecule has 0 spiro atoms. The normalized spacial score (nSPS) is 12.6. The highest BCUT2D eigenvalue weighted by Crippen LogP contribution is 2.35. The minimum atomic E-state index is 0.0254. The fraction of sp³-hybridized carbons (Fsp3) is 0.333. The Morgan fingerprint density at radius 3 is 1.89 bits per heavy atom. The number of para-hydroxylation sites is 1. The van der Waals surface area contributed by atoms with Crippen LogP contribution in [0.4, 0.5) is 0 Å². The van der Waals surface area contributed by atoms with Crippen molar-refractivity contribution in [3.8, 4) is 23.1 Å². The van der Waals surface area contributed by atoms with E-state index in [1.165, 1.54) is 11.1 Å². The Morgan fingerprint density at radius 2 is 1.29 bits per heavy atom. The number of hydrogen-bond acceptors (Lipinski definition) is 4. The number of furan rings is 1. The summed E-state index contributed by atoms with van der Waals surface area (Å²) in [6, 6.07) is 16.4. The molecule has 4 heteroatoms. The molecule has 0 radical (unpaired) electrons. The average Bonchev–Trinajstić information content (AvgIpc) is 3.26. The second-order valence-electron chi connectivity index (χ2n) is 9.36. The molecular formula is C24H26N2O2. The van der Waals surface area contributed by atoms with Gasteiger partial charge in [-0.15, -0.1) is 10.2 Å². The Kier molecular flexibility index (Phi) is 4.18. The molecule has 144 valence electrons. The highest BCUT2D eigenvalue weighted by molar-refractivity contribution is 5.81. The number of fused-ring (bicyclic) bond motifs is 1. The molecule has 0 unspecified atom stereocenters. The van der Waals surface area contributed by atoms with Crippen molar-refractivity contribution in [2.45, 2.75) is 52.4 Å². The van der Waals surface area contributed by atoms with Crippen LogP contribution in [0.25, 0.3) is 34.1 Å². The van der Waals surface area contributed by atoms with Crippen LogP contribution in [-0.4, -0.2) is 10.2 Å². The van der Waals surface area contributed by atoms with Gasteiger partial charge in [0.1, 0.15) is 5.58 Å². The molecule has 0 bridgehead atoms. The molecular weight excluding hydrogens is 348 g/mol. The molecule has 0 N–H and O–H groups in total. The quantitative estimate of drug-likeness (QED) is 0.389. The van der Waals surface area contributed by atoms with E-state index in [1.54, 1.807) is 0 Å². The molecule has 0 aliphatic carbocycles. The van der Waals surface area contributed by atoms with Gasteiger partial charge in [0.25, 0.3) is 5.89 Å². The van der Waals surface area contributed by atoms with E-state index in [1.807, 2.05) is 30.3 Å². The lowest BCUT2D eigenvalue weighted by Gasteiger charge is -2.25. The molecule has 2 aromatic carbocycles. The second-order valence-corrected chi connectivity index (χ2v) is 9.36. The fourth-order valence-corrected chi connectivity index (χ4v) is 3.14. The molecule has 0 aliphatic rings. The zero-order valence-corrected chi connectivity index (χ0v) is 17.3. The smallest absolute Gasteiger partial charge is 0.283 e. The molecule has 0 atom stereocenters. The lowest BCUT2D eigenvalue weighted by molar-refractivity contribution is 0.540. The van der Waals surface area contributed by atoms with Gasteiger partial charge in [-0.1, -0.05) is 65.8 Å². The predicted octanol–water partition coefficient (Wildman–Crippen LogP) is 6.74. The minimum absolute atomic E-state index is 0.0254. The van der Waals surface area contributed by atoms with E-state index in [-0.39, 0.29) is 10.8 Å². The van der Waals surface area contributed by atoms with Crippen molar-refractivity contribution in [2.75, 3.05) is 0 Å². The summed E-state index contributed by atoms with van der Waals surface area (Å²) in [7, 11) is 0. The number of rotatable bonds is 2. The van der Waals surface area contributed by atoms with E-state index in [2.05, 4.69) is 69.9 Å². The maximum Gasteiger partial charge on any atom is 0.283 e. The van der Waals surface area contributed by atoms with Crippen molar-refractivity contribution in [3.63, 3.8) is 0 Å². The maximum atomic E-state index is 6.00. The van der Waals surface area contributed by atoms with E-state index < -0.39 is 0 Å². The third kappa shape index (κ3) is 3.47. The maximum absolute atomic E-state index is 6.00. The average molecular weight is 374 g/mol. The summed E-state index contributed by atoms with van der Waals surface area (Å²) in [6.07, 6.45) is 0. The van der Waals surface area contributed by atoms with Crippen LogP contribution in [0.2, 0.25) is 0 Å². The zero-order chi connectivity index (χ0) is 20.1. The zero-order valence-electron chi connectivity index (χ0n) is 17.3. The molecule has 0 saturated carbocycles. The summed E-state index contributed by atoms with van der Waals surface area (Å²) in [5.74, 6) is 1.49. The van der Waals surface area contributed by atoms with Gasteiger partial charge in [0.2, 0.25) is 5.89 Å². The second kappa shape index (κ2) is 6.33. The number of nitrogens with zero attached hydrogens (tertiary/aromatic N) is 2. The van der Waals surface area contributed by atoms with E-state index in [4.69, 9.17) is 8.83 Å². The highest BCUT2D eigenvalue weighted by atomic mass is 16.4. The first-order valence-corrected chi connectivity index (χ1v) is 9.60. The van der Waals surface area contributed by atoms with Gasteiger partial charge in [0.05, 0.1) is 0 Å². The Morgan fingerprint density at radius 1 is 0.679 bits per heavy atom. The van der Waals surface area contributed by atoms with Crippen molar-refractivity contribution in [1.82, 2.24) is 10.2 Å². The van der Waals surface area contributed by atoms with Crippen molar-refractivity contribution >= 4 is 11.0 Å². The molecule has 4 nitrogen and oxygen atoms in total. The van der Waals surface area contributed by atoms with Crippen LogP contribution in [0.15, 0.2) is 57.4 Å². The number of benzene rings is 2. The molecule has 0 aliphatic heterocycles. The third-order valence-electron chi connectivity index (χ3n) is 4.97. The van der Waals surface area contributed by atoms with Crippen molar-refractivity contribution in [3.05, 3.63) is 59.7 Å². The third-order valence-corrected chi connectivity index (χ3v) is 4.97. The Bertz CT molecular complexity index is 1070. The standard InChI is InChI=1S/C24H26N2O2/c1-23(2,3)17-11-16(12-18(14-17)24(4,5)6)21-25-26-22(28-21)20-13-15-9-7-8-10-19(15)27-20/h7-14H,1-6H3. The molecule has 0 saturated heterocycles. The van der Waals surface area contributed by atoms with E-state index in [0.717, 1.165) is 16.5 Å². The number of hydrogen-bond donors (Lipinski definition) is 0. The van der Waals surface area contributed by atoms with Gasteiger partial charge in [0.15, 0.2) is 5.76 Å². The molecule has 2 heterocycles. The van der Waals surface area contributed by atoms with Crippen LogP contribution in [0.1, 0.15) is 52.7 Å². The Labute approximate surface area is 165 Å². The summed E-state index contributed by atoms with van der Waals surface area (Å²) in [5.41, 5.74) is 4.29. The van der Waals surface area contributed by atoms with Gasteiger partial charge in [-0.2, -0.15) is 0 Å². The van der Waals surface area contributed by atoms with Crippen molar-refractivity contribution < 1.29 is 8.83 Å². The van der Waals surface area contributed by atoms with Crippen LogP contribution in [0, 0.1) is 0 Å². The van der Waals surface area contributed by atoms with Crippen LogP contribution in [0.5, 0.6) is 0 Å². The topological polar surface area (TPSA) is 52.1 Å². The van der Waals surface area contributed by atoms with Crippen molar-refractivity contribution in [2.24, 2.45) is 0 Å². The first kappa shape index (κ1) is 18.5. The van der Waals surface area contributed by atoms with Gasteiger partial charge < -0.3 is 8.83 Å². The van der Waals surface area contributed by atoms with E-state index >= 15 is 0 Å². The molecule has 0 fully saturated rings. The predicted molar refractivity (Wildman–Crippen MR) is 112 cm³/mol. The Balaban J connectivity index is 1.79. The lowest BCUT2D eigenvalue weighted by atomic mass is 9.79. The molecule has 0 amide bonds. The fourth-order valence-electron chi connectivity index (χ4n) is 3.14. The first-order chi connectivity index (χ1) is 13.1. The van der Waals surface area contributed by atoms with Crippen LogP contribution < -0.4 is 0 Å². The van der Waals surface area contributed by atoms with Crippen molar-refractivity contribution in [1.29, 1.82) is 0 Å². The summed E-state index contributed by atoms with van der Waals surface area (Å²) < 4.78 is 11.9. The van der Waals surface area contributed by atoms with E-state index in [9.17, 15) is 0 Å². The van der Waals surface area contributed by atoms with Gasteiger partial charge >= 0.3 is 0 Å². The summed E-state index contributed by atoms with van der Waals surface area (Å²) in [4.78, 5) is 0. The highest BCUT2D eigenvalue weighted by Gasteiger charge is 2.23. The summed E-state index contributed by atoms with van der Waals surface area (Å²) in [5, 5.41) is 9.55. The molecule has 4 aromatic rings. The molecule has 2 aromatic heterocycles. The van der Waals surface area contributed by atoms with Gasteiger partial charge in [-0.05, 0) is 46.2 Å². The molecule has 4 rings (SSSR count). The van der Waals surface area contributed by atoms with Crippen LogP contribution in [0.3, 0.4) is 0 Å². The van der Waals surface area contributed by atoms with E-state index in [0.29, 0.717) is 17.5 Å². The SMILES string of the molecule is CC(C)(C)c1cc(-c2nnc(-c3cc4ccccc4o3)o2)cc(C(C)(C)C)c1. The van der Waals surface area contributed by atoms with Gasteiger partial charge in [-0.25, -0.2) is 0 Å². The largest absolute Gasteiger partial charge is 0.451 e. The summed E-state index contributed by atoms with van der Waals surface area (Å²) in [6.45, 7) is 13.3. The first-order valence-electron chi connectivity index (χ1n) is 9.60. The van der Waals surface area contributed by atoms with Crippen LogP contribution in [-0.2, 0) is 10.8 Å². The van der Waals surface area contributed by atoms with Gasteiger partial charge in [-0.3, -0.25) is 0 Å². The van der Waals surface area contributed by atoms with Gasteiger partial charge in [0, 0.05) is 10.9 Å². The molecule has 28 heavy (non-hydrogen) atoms. The summed E-state index contributed by atoms with van der Waals surface area (Å²) >= 11 is 0.